The van der Waals surface area contributed by atoms with Crippen molar-refractivity contribution in [2.24, 2.45) is 0 Å². The average Bonchev–Trinajstić information content (AvgIpc) is 3.03. The summed E-state index contributed by atoms with van der Waals surface area (Å²) >= 11 is 5.73. The topological polar surface area (TPSA) is 122 Å². The van der Waals surface area contributed by atoms with Gasteiger partial charge in [0.15, 0.2) is 0 Å². The molecule has 3 rings (SSSR count). The van der Waals surface area contributed by atoms with E-state index in [1.165, 1.54) is 30.4 Å². The highest BCUT2D eigenvalue weighted by Gasteiger charge is 2.21. The lowest BCUT2D eigenvalue weighted by Crippen LogP contribution is -2.14. The van der Waals surface area contributed by atoms with Gasteiger partial charge < -0.3 is 14.5 Å². The second-order valence-electron chi connectivity index (χ2n) is 5.04. The van der Waals surface area contributed by atoms with Crippen molar-refractivity contribution in [3.8, 4) is 17.2 Å². The van der Waals surface area contributed by atoms with Gasteiger partial charge in [0.05, 0.1) is 9.95 Å². The van der Waals surface area contributed by atoms with Gasteiger partial charge in [0.2, 0.25) is 0 Å². The molecule has 0 radical (unpaired) electrons. The zero-order valence-corrected chi connectivity index (χ0v) is 13.5. The molecular weight excluding hydrogens is 369 g/mol. The Hall–Kier alpha value is -3.46. The quantitative estimate of drug-likeness (QED) is 0.529. The number of rotatable bonds is 4. The predicted molar refractivity (Wildman–Crippen MR) is 91.2 cm³/mol. The molecule has 0 fully saturated rings. The van der Waals surface area contributed by atoms with Crippen LogP contribution in [0.25, 0.3) is 23.5 Å². The van der Waals surface area contributed by atoms with Gasteiger partial charge in [-0.15, -0.1) is 0 Å². The third-order valence-electron chi connectivity index (χ3n) is 3.31. The minimum absolute atomic E-state index is 0.0425. The van der Waals surface area contributed by atoms with Crippen LogP contribution < -0.4 is 5.56 Å². The van der Waals surface area contributed by atoms with E-state index in [1.807, 2.05) is 0 Å². The Balaban J connectivity index is 1.86. The first-order valence-corrected chi connectivity index (χ1v) is 7.44. The summed E-state index contributed by atoms with van der Waals surface area (Å²) in [4.78, 5) is 26.9. The molecule has 0 saturated carbocycles. The molecule has 26 heavy (non-hydrogen) atoms. The van der Waals surface area contributed by atoms with Crippen LogP contribution in [0.5, 0.6) is 5.88 Å². The maximum absolute atomic E-state index is 13.2. The van der Waals surface area contributed by atoms with E-state index in [-0.39, 0.29) is 10.8 Å². The SMILES string of the molecule is O=c1[nH]c(C=Cc2ccc(-c3ccc(F)c(Cl)c3)o2)nc(O)c1[N+](=O)[O-]. The van der Waals surface area contributed by atoms with Gasteiger partial charge in [-0.3, -0.25) is 14.9 Å². The number of nitrogens with zero attached hydrogens (tertiary/aromatic N) is 2. The predicted octanol–water partition coefficient (Wildman–Crippen LogP) is 3.61. The van der Waals surface area contributed by atoms with Crippen molar-refractivity contribution in [1.82, 2.24) is 9.97 Å². The van der Waals surface area contributed by atoms with Crippen LogP contribution in [0.2, 0.25) is 5.02 Å². The molecule has 2 heterocycles. The highest BCUT2D eigenvalue weighted by atomic mass is 35.5. The Bertz CT molecular complexity index is 1090. The van der Waals surface area contributed by atoms with Crippen molar-refractivity contribution in [3.05, 3.63) is 73.2 Å². The first-order chi connectivity index (χ1) is 12.3. The van der Waals surface area contributed by atoms with E-state index < -0.39 is 27.9 Å². The fourth-order valence-corrected chi connectivity index (χ4v) is 2.30. The van der Waals surface area contributed by atoms with Crippen LogP contribution in [0.15, 0.2) is 39.5 Å². The molecule has 8 nitrogen and oxygen atoms in total. The molecule has 1 aromatic carbocycles. The van der Waals surface area contributed by atoms with Crippen molar-refractivity contribution in [1.29, 1.82) is 0 Å². The number of nitrogens with one attached hydrogen (secondary N) is 1. The third kappa shape index (κ3) is 3.47. The lowest BCUT2D eigenvalue weighted by atomic mass is 10.2. The highest BCUT2D eigenvalue weighted by Crippen LogP contribution is 2.27. The molecule has 0 aliphatic heterocycles. The van der Waals surface area contributed by atoms with E-state index in [4.69, 9.17) is 16.0 Å². The number of aromatic amines is 1. The van der Waals surface area contributed by atoms with Crippen molar-refractivity contribution >= 4 is 29.4 Å². The van der Waals surface area contributed by atoms with E-state index in [9.17, 15) is 24.4 Å². The summed E-state index contributed by atoms with van der Waals surface area (Å²) in [5.74, 6) is -0.837. The van der Waals surface area contributed by atoms with Gasteiger partial charge in [-0.1, -0.05) is 11.6 Å². The minimum Gasteiger partial charge on any atom is -0.488 e. The number of furan rings is 1. The van der Waals surface area contributed by atoms with E-state index in [1.54, 1.807) is 12.1 Å². The van der Waals surface area contributed by atoms with Crippen LogP contribution in [0.4, 0.5) is 10.1 Å². The molecule has 132 valence electrons. The van der Waals surface area contributed by atoms with Gasteiger partial charge in [-0.25, -0.2) is 4.39 Å². The Kier molecular flexibility index (Phi) is 4.55. The van der Waals surface area contributed by atoms with Gasteiger partial charge in [0, 0.05) is 5.56 Å². The molecular formula is C16H9ClFN3O5. The van der Waals surface area contributed by atoms with Crippen molar-refractivity contribution in [3.63, 3.8) is 0 Å². The summed E-state index contributed by atoms with van der Waals surface area (Å²) in [6.07, 6.45) is 2.73. The second kappa shape index (κ2) is 6.81. The summed E-state index contributed by atoms with van der Waals surface area (Å²) < 4.78 is 18.7. The smallest absolute Gasteiger partial charge is 0.395 e. The number of nitro groups is 1. The zero-order valence-electron chi connectivity index (χ0n) is 12.8. The van der Waals surface area contributed by atoms with Crippen molar-refractivity contribution in [2.75, 3.05) is 0 Å². The standard InChI is InChI=1S/C16H9ClFN3O5/c17-10-7-8(1-4-11(10)18)12-5-2-9(26-12)3-6-13-19-15(22)14(21(24)25)16(23)20-13/h1-7H,(H2,19,20,22,23). The Morgan fingerprint density at radius 3 is 2.73 bits per heavy atom. The van der Waals surface area contributed by atoms with Gasteiger partial charge >= 0.3 is 11.2 Å². The molecule has 2 N–H and O–H groups in total. The van der Waals surface area contributed by atoms with Crippen LogP contribution in [0.3, 0.4) is 0 Å². The lowest BCUT2D eigenvalue weighted by molar-refractivity contribution is -0.387. The van der Waals surface area contributed by atoms with E-state index >= 15 is 0 Å². The average molecular weight is 378 g/mol. The maximum atomic E-state index is 13.2. The molecule has 0 aliphatic rings. The highest BCUT2D eigenvalue weighted by molar-refractivity contribution is 6.31. The van der Waals surface area contributed by atoms with E-state index in [0.29, 0.717) is 17.1 Å². The summed E-state index contributed by atoms with van der Waals surface area (Å²) in [7, 11) is 0. The molecule has 2 aromatic heterocycles. The van der Waals surface area contributed by atoms with Gasteiger partial charge in [-0.05, 0) is 42.5 Å². The number of halogens is 2. The molecule has 0 atom stereocenters. The number of aromatic nitrogens is 2. The fourth-order valence-electron chi connectivity index (χ4n) is 2.12. The van der Waals surface area contributed by atoms with Crippen LogP contribution in [-0.2, 0) is 0 Å². The number of hydrogen-bond donors (Lipinski definition) is 2. The fraction of sp³-hybridized carbons (Fsp3) is 0. The molecule has 3 aromatic rings. The number of hydrogen-bond acceptors (Lipinski definition) is 6. The molecule has 0 bridgehead atoms. The molecule has 0 amide bonds. The minimum atomic E-state index is -1.08. The Morgan fingerprint density at radius 2 is 2.08 bits per heavy atom. The number of aromatic hydroxyl groups is 1. The normalized spacial score (nSPS) is 11.2. The maximum Gasteiger partial charge on any atom is 0.395 e. The molecule has 0 saturated heterocycles. The van der Waals surface area contributed by atoms with Crippen LogP contribution in [-0.4, -0.2) is 20.0 Å². The van der Waals surface area contributed by atoms with Gasteiger partial charge in [-0.2, -0.15) is 4.98 Å². The molecule has 0 spiro atoms. The summed E-state index contributed by atoms with van der Waals surface area (Å²) in [6.45, 7) is 0. The van der Waals surface area contributed by atoms with Crippen molar-refractivity contribution < 1.29 is 18.8 Å². The Morgan fingerprint density at radius 1 is 1.31 bits per heavy atom. The van der Waals surface area contributed by atoms with Gasteiger partial charge in [0.1, 0.15) is 23.2 Å². The van der Waals surface area contributed by atoms with E-state index in [0.717, 1.165) is 0 Å². The monoisotopic (exact) mass is 377 g/mol. The lowest BCUT2D eigenvalue weighted by Gasteiger charge is -1.99. The molecule has 0 unspecified atom stereocenters. The second-order valence-corrected chi connectivity index (χ2v) is 5.45. The van der Waals surface area contributed by atoms with Gasteiger partial charge in [0.25, 0.3) is 5.88 Å². The third-order valence-corrected chi connectivity index (χ3v) is 3.60. The first kappa shape index (κ1) is 17.4. The number of benzene rings is 1. The molecule has 10 heteroatoms. The van der Waals surface area contributed by atoms with E-state index in [2.05, 4.69) is 9.97 Å². The van der Waals surface area contributed by atoms with Crippen LogP contribution >= 0.6 is 11.6 Å². The summed E-state index contributed by atoms with van der Waals surface area (Å²) in [6, 6.07) is 7.36. The number of H-pyrrole nitrogens is 1. The molecule has 0 aliphatic carbocycles. The summed E-state index contributed by atoms with van der Waals surface area (Å²) in [5.41, 5.74) is -1.55. The Labute approximate surface area is 149 Å². The zero-order chi connectivity index (χ0) is 18.8. The largest absolute Gasteiger partial charge is 0.488 e. The van der Waals surface area contributed by atoms with Crippen LogP contribution in [0.1, 0.15) is 11.6 Å². The van der Waals surface area contributed by atoms with Crippen molar-refractivity contribution in [2.45, 2.75) is 0 Å². The van der Waals surface area contributed by atoms with Crippen LogP contribution in [0, 0.1) is 15.9 Å². The summed E-state index contributed by atoms with van der Waals surface area (Å²) in [5, 5.41) is 20.1. The first-order valence-electron chi connectivity index (χ1n) is 7.06.